The van der Waals surface area contributed by atoms with Crippen LogP contribution in [0.15, 0.2) is 0 Å². The van der Waals surface area contributed by atoms with Gasteiger partial charge in [0.15, 0.2) is 0 Å². The van der Waals surface area contributed by atoms with Crippen LogP contribution in [0.1, 0.15) is 33.6 Å². The van der Waals surface area contributed by atoms with Crippen LogP contribution in [0.5, 0.6) is 0 Å². The van der Waals surface area contributed by atoms with Gasteiger partial charge in [-0.25, -0.2) is 0 Å². The van der Waals surface area contributed by atoms with E-state index in [1.165, 1.54) is 0 Å². The first kappa shape index (κ1) is 16.4. The summed E-state index contributed by atoms with van der Waals surface area (Å²) >= 11 is -5.61. The molecule has 14 heavy (non-hydrogen) atoms. The number of hydrogen-bond acceptors (Lipinski definition) is 5. The zero-order valence-electron chi connectivity index (χ0n) is 7.13. The maximum absolute atomic E-state index is 10.8. The van der Waals surface area contributed by atoms with E-state index in [9.17, 15) is 16.1 Å². The fourth-order valence-corrected chi connectivity index (χ4v) is 3.66. The third kappa shape index (κ3) is 10.1. The molecule has 0 spiro atoms. The third-order valence-corrected chi connectivity index (χ3v) is 4.74. The molecule has 0 fully saturated rings. The van der Waals surface area contributed by atoms with Gasteiger partial charge in [0.2, 0.25) is 0 Å². The molecule has 0 bridgehead atoms. The summed E-state index contributed by atoms with van der Waals surface area (Å²) in [6.07, 6.45) is 1.81. The van der Waals surface area contributed by atoms with E-state index in [1.54, 1.807) is 0 Å². The van der Waals surface area contributed by atoms with E-state index in [2.05, 4.69) is 3.27 Å². The molecule has 0 saturated carbocycles. The molecule has 1 N–H and O–H groups in total. The van der Waals surface area contributed by atoms with Gasteiger partial charge in [0.1, 0.15) is 0 Å². The minimum absolute atomic E-state index is 0. The van der Waals surface area contributed by atoms with Gasteiger partial charge < -0.3 is 0 Å². The van der Waals surface area contributed by atoms with Crippen LogP contribution >= 0.6 is 0 Å². The topological polar surface area (TPSA) is 97.7 Å². The minimum atomic E-state index is -5.61. The summed E-state index contributed by atoms with van der Waals surface area (Å²) in [5.41, 5.74) is 0. The summed E-state index contributed by atoms with van der Waals surface area (Å²) in [5.74, 6) is -0.384. The zero-order chi connectivity index (χ0) is 10.5. The van der Waals surface area contributed by atoms with Crippen molar-refractivity contribution in [2.24, 2.45) is 0 Å². The first-order valence-corrected chi connectivity index (χ1v) is 8.12. The van der Waals surface area contributed by atoms with Crippen LogP contribution in [0, 0.1) is 0 Å². The van der Waals surface area contributed by atoms with E-state index >= 15 is 0 Å². The van der Waals surface area contributed by atoms with Crippen molar-refractivity contribution in [3.05, 3.63) is 0 Å². The van der Waals surface area contributed by atoms with Gasteiger partial charge in [-0.3, -0.25) is 0 Å². The fourth-order valence-electron chi connectivity index (χ4n) is 0.694. The quantitative estimate of drug-likeness (QED) is 0.564. The van der Waals surface area contributed by atoms with E-state index in [0.717, 1.165) is 6.42 Å². The molecule has 0 amide bonds. The Balaban J connectivity index is 0. The number of unbranched alkanes of at least 4 members (excludes halogenated alkanes) is 2. The first-order valence-electron chi connectivity index (χ1n) is 3.68. The van der Waals surface area contributed by atoms with E-state index in [0.29, 0.717) is 12.8 Å². The Morgan fingerprint density at radius 2 is 1.79 bits per heavy atom. The van der Waals surface area contributed by atoms with Crippen LogP contribution in [-0.4, -0.2) is 31.7 Å². The van der Waals surface area contributed by atoms with Crippen molar-refractivity contribution in [1.82, 2.24) is 0 Å². The van der Waals surface area contributed by atoms with Gasteiger partial charge in [-0.05, 0) is 0 Å². The van der Waals surface area contributed by atoms with Crippen LogP contribution in [-0.2, 0) is 21.1 Å². The summed E-state index contributed by atoms with van der Waals surface area (Å²) in [5, 5.41) is 0. The molecule has 0 radical (unpaired) electrons. The van der Waals surface area contributed by atoms with Crippen molar-refractivity contribution < 1.29 is 23.5 Å². The van der Waals surface area contributed by atoms with Crippen molar-refractivity contribution in [3.8, 4) is 0 Å². The molecule has 0 heterocycles. The van der Waals surface area contributed by atoms with Gasteiger partial charge in [0.05, 0.1) is 0 Å². The van der Waals surface area contributed by atoms with Gasteiger partial charge in [-0.2, -0.15) is 0 Å². The number of hydrogen-bond donors (Lipinski definition) is 1. The molecule has 0 aromatic carbocycles. The molecule has 0 aliphatic heterocycles. The van der Waals surface area contributed by atoms with E-state index in [-0.39, 0.29) is 13.2 Å². The van der Waals surface area contributed by atoms with Crippen molar-refractivity contribution in [3.63, 3.8) is 0 Å². The van der Waals surface area contributed by atoms with E-state index in [4.69, 9.17) is 4.19 Å². The molecule has 0 saturated heterocycles. The second-order valence-corrected chi connectivity index (χ2v) is 6.78. The van der Waals surface area contributed by atoms with Crippen LogP contribution in [0.4, 0.5) is 0 Å². The zero-order valence-corrected chi connectivity index (χ0v) is 9.66. The molecule has 0 aromatic rings. The summed E-state index contributed by atoms with van der Waals surface area (Å²) in [7, 11) is -4.12. The average Bonchev–Trinajstić information content (AvgIpc) is 1.81. The van der Waals surface area contributed by atoms with Crippen LogP contribution in [0.25, 0.3) is 0 Å². The summed E-state index contributed by atoms with van der Waals surface area (Å²) in [4.78, 5) is 0. The predicted molar refractivity (Wildman–Crippen MR) is 50.5 cm³/mol. The van der Waals surface area contributed by atoms with Gasteiger partial charge in [0.25, 0.3) is 0 Å². The molecule has 0 aliphatic carbocycles. The fraction of sp³-hybridized carbons (Fsp3) is 1.00. The molecule has 6 nitrogen and oxygen atoms in total. The SMILES string of the molecule is C.CCCCCS(=O)(=O)O[Se](=O)(=O)O. The molecule has 0 aliphatic rings. The molecule has 0 unspecified atom stereocenters. The maximum atomic E-state index is 10.8. The molecule has 88 valence electrons. The third-order valence-electron chi connectivity index (χ3n) is 1.19. The average molecular weight is 295 g/mol. The normalized spacial score (nSPS) is 12.1. The summed E-state index contributed by atoms with van der Waals surface area (Å²) in [6.45, 7) is 1.88. The van der Waals surface area contributed by atoms with E-state index < -0.39 is 23.5 Å². The van der Waals surface area contributed by atoms with E-state index in [1.807, 2.05) is 6.92 Å². The monoisotopic (exact) mass is 296 g/mol. The second kappa shape index (κ2) is 6.47. The summed E-state index contributed by atoms with van der Waals surface area (Å²) in [6, 6.07) is 0. The Morgan fingerprint density at radius 1 is 1.29 bits per heavy atom. The van der Waals surface area contributed by atoms with Crippen LogP contribution in [0.3, 0.4) is 0 Å². The van der Waals surface area contributed by atoms with Crippen molar-refractivity contribution in [2.75, 3.05) is 5.75 Å². The van der Waals surface area contributed by atoms with Crippen LogP contribution < -0.4 is 0 Å². The molecule has 0 atom stereocenters. The molecular weight excluding hydrogens is 279 g/mol. The predicted octanol–water partition coefficient (Wildman–Crippen LogP) is 0.448. The number of rotatable bonds is 6. The Kier molecular flexibility index (Phi) is 7.59. The summed E-state index contributed by atoms with van der Waals surface area (Å²) < 4.78 is 53.5. The van der Waals surface area contributed by atoms with Gasteiger partial charge in [-0.15, -0.1) is 0 Å². The van der Waals surface area contributed by atoms with Crippen molar-refractivity contribution in [2.45, 2.75) is 33.6 Å². The molecule has 0 rings (SSSR count). The Labute approximate surface area is 86.7 Å². The van der Waals surface area contributed by atoms with Crippen LogP contribution in [0.2, 0.25) is 0 Å². The standard InChI is InChI=1S/C5H12O6SSe.CH4/c1-2-3-4-5-12(6,7)11-13(8,9)10;/h2-5H2,1H3,(H,8,9,10);1H4. The van der Waals surface area contributed by atoms with Crippen molar-refractivity contribution >= 4 is 23.5 Å². The van der Waals surface area contributed by atoms with Gasteiger partial charge in [0, 0.05) is 0 Å². The molecular formula is C6H16O6SSe. The molecule has 8 heteroatoms. The Bertz CT molecular complexity index is 329. The van der Waals surface area contributed by atoms with Gasteiger partial charge in [-0.1, -0.05) is 7.43 Å². The second-order valence-electron chi connectivity index (χ2n) is 2.46. The van der Waals surface area contributed by atoms with Crippen molar-refractivity contribution in [1.29, 1.82) is 0 Å². The Morgan fingerprint density at radius 3 is 2.14 bits per heavy atom. The van der Waals surface area contributed by atoms with Gasteiger partial charge >= 0.3 is 79.0 Å². The first-order chi connectivity index (χ1) is 5.77. The Hall–Kier alpha value is -0.0105. The molecule has 0 aromatic heterocycles.